The summed E-state index contributed by atoms with van der Waals surface area (Å²) in [6.07, 6.45) is 0.434. The third kappa shape index (κ3) is 4.79. The molecule has 8 heteroatoms. The van der Waals surface area contributed by atoms with Crippen LogP contribution >= 0.6 is 47.2 Å². The number of aromatic nitrogens is 2. The minimum Gasteiger partial charge on any atom is -0.481 e. The monoisotopic (exact) mass is 418 g/mol. The summed E-state index contributed by atoms with van der Waals surface area (Å²) in [4.78, 5) is 18.9. The number of carboxylic acids is 1. The van der Waals surface area contributed by atoms with Crippen LogP contribution < -0.4 is 0 Å². The van der Waals surface area contributed by atoms with Gasteiger partial charge in [-0.1, -0.05) is 46.9 Å². The fraction of sp³-hybridized carbons (Fsp3) is 0.176. The smallest absolute Gasteiger partial charge is 0.303 e. The molecule has 132 valence electrons. The molecule has 0 radical (unpaired) electrons. The zero-order valence-corrected chi connectivity index (χ0v) is 15.9. The molecule has 3 aromatic rings. The van der Waals surface area contributed by atoms with Crippen molar-refractivity contribution in [3.63, 3.8) is 0 Å². The minimum absolute atomic E-state index is 0. The summed E-state index contributed by atoms with van der Waals surface area (Å²) in [5.74, 6) is -0.433. The highest BCUT2D eigenvalue weighted by Gasteiger charge is 2.19. The number of nitrogens with one attached hydrogen (secondary N) is 1. The molecular weight excluding hydrogens is 406 g/mol. The molecule has 0 aliphatic heterocycles. The van der Waals surface area contributed by atoms with Gasteiger partial charge in [0.15, 0.2) is 0 Å². The van der Waals surface area contributed by atoms with Crippen molar-refractivity contribution < 1.29 is 9.90 Å². The first-order valence-corrected chi connectivity index (χ1v) is 8.36. The minimum atomic E-state index is -0.868. The first-order valence-electron chi connectivity index (χ1n) is 7.23. The van der Waals surface area contributed by atoms with E-state index in [9.17, 15) is 9.90 Å². The van der Waals surface area contributed by atoms with Crippen LogP contribution in [0.1, 0.15) is 23.7 Å². The lowest BCUT2D eigenvalue weighted by Crippen LogP contribution is -2.10. The summed E-state index contributed by atoms with van der Waals surface area (Å²) in [6, 6.07) is 10.5. The number of imidazole rings is 1. The van der Waals surface area contributed by atoms with Gasteiger partial charge in [0.25, 0.3) is 0 Å². The van der Waals surface area contributed by atoms with Crippen LogP contribution in [0.2, 0.25) is 15.1 Å². The molecular formula is C17H14Cl4N2O2. The number of carbonyl (C=O) groups is 1. The van der Waals surface area contributed by atoms with Crippen LogP contribution in [0.5, 0.6) is 0 Å². The van der Waals surface area contributed by atoms with Gasteiger partial charge in [-0.3, -0.25) is 4.79 Å². The van der Waals surface area contributed by atoms with Gasteiger partial charge in [0.05, 0.1) is 22.5 Å². The van der Waals surface area contributed by atoms with Crippen LogP contribution in [-0.2, 0) is 11.2 Å². The summed E-state index contributed by atoms with van der Waals surface area (Å²) in [5, 5.41) is 10.8. The van der Waals surface area contributed by atoms with Gasteiger partial charge >= 0.3 is 5.97 Å². The third-order valence-electron chi connectivity index (χ3n) is 3.76. The lowest BCUT2D eigenvalue weighted by Gasteiger charge is -2.14. The van der Waals surface area contributed by atoms with E-state index in [2.05, 4.69) is 9.97 Å². The average molecular weight is 420 g/mol. The molecule has 1 aromatic heterocycles. The lowest BCUT2D eigenvalue weighted by molar-refractivity contribution is -0.137. The van der Waals surface area contributed by atoms with E-state index in [0.717, 1.165) is 5.56 Å². The second kappa shape index (κ2) is 8.28. The molecule has 0 aliphatic rings. The number of rotatable bonds is 5. The number of aromatic amines is 1. The van der Waals surface area contributed by atoms with Crippen molar-refractivity contribution in [3.8, 4) is 0 Å². The maximum atomic E-state index is 11.2. The number of nitrogens with zero attached hydrogens (tertiary/aromatic N) is 1. The van der Waals surface area contributed by atoms with Gasteiger partial charge in [0.1, 0.15) is 5.82 Å². The Morgan fingerprint density at radius 3 is 2.44 bits per heavy atom. The molecule has 0 saturated heterocycles. The van der Waals surface area contributed by atoms with Crippen molar-refractivity contribution in [2.45, 2.75) is 18.8 Å². The Kier molecular flexibility index (Phi) is 6.58. The molecule has 1 unspecified atom stereocenters. The van der Waals surface area contributed by atoms with E-state index in [4.69, 9.17) is 34.8 Å². The van der Waals surface area contributed by atoms with E-state index in [-0.39, 0.29) is 24.7 Å². The first kappa shape index (κ1) is 19.9. The molecule has 2 aromatic carbocycles. The number of H-pyrrole nitrogens is 1. The average Bonchev–Trinajstić information content (AvgIpc) is 2.89. The fourth-order valence-corrected chi connectivity index (χ4v) is 3.33. The predicted molar refractivity (Wildman–Crippen MR) is 104 cm³/mol. The van der Waals surface area contributed by atoms with Crippen LogP contribution in [0.3, 0.4) is 0 Å². The van der Waals surface area contributed by atoms with Crippen LogP contribution in [0.25, 0.3) is 11.0 Å². The lowest BCUT2D eigenvalue weighted by atomic mass is 9.92. The maximum absolute atomic E-state index is 11.2. The molecule has 0 spiro atoms. The predicted octanol–water partition coefficient (Wildman–Crippen LogP) is 5.75. The zero-order chi connectivity index (χ0) is 17.3. The van der Waals surface area contributed by atoms with Crippen molar-refractivity contribution in [2.75, 3.05) is 0 Å². The van der Waals surface area contributed by atoms with E-state index in [1.54, 1.807) is 24.3 Å². The number of benzene rings is 2. The zero-order valence-electron chi connectivity index (χ0n) is 12.8. The quantitative estimate of drug-likeness (QED) is 0.553. The topological polar surface area (TPSA) is 66.0 Å². The Labute approximate surface area is 165 Å². The van der Waals surface area contributed by atoms with Gasteiger partial charge in [-0.25, -0.2) is 4.98 Å². The van der Waals surface area contributed by atoms with Gasteiger partial charge in [-0.2, -0.15) is 0 Å². The standard InChI is InChI=1S/C17H13Cl3N2O2.ClH/c18-11-3-1-9(2-4-11)10(6-16(23)24)5-15-21-14-8-12(19)7-13(20)17(14)22-15;/h1-4,7-8,10H,5-6H2,(H,21,22)(H,23,24);1H. The summed E-state index contributed by atoms with van der Waals surface area (Å²) in [5.41, 5.74) is 2.25. The van der Waals surface area contributed by atoms with E-state index in [1.165, 1.54) is 0 Å². The number of halogens is 4. The highest BCUT2D eigenvalue weighted by Crippen LogP contribution is 2.29. The Hall–Kier alpha value is -1.46. The molecule has 2 N–H and O–H groups in total. The van der Waals surface area contributed by atoms with Crippen molar-refractivity contribution >= 4 is 64.2 Å². The van der Waals surface area contributed by atoms with Crippen molar-refractivity contribution in [2.24, 2.45) is 0 Å². The Bertz CT molecular complexity index is 894. The van der Waals surface area contributed by atoms with Crippen LogP contribution in [0, 0.1) is 0 Å². The number of hydrogen-bond acceptors (Lipinski definition) is 2. The summed E-state index contributed by atoms with van der Waals surface area (Å²) in [6.45, 7) is 0. The Morgan fingerprint density at radius 1 is 1.12 bits per heavy atom. The molecule has 3 rings (SSSR count). The van der Waals surface area contributed by atoms with Gasteiger partial charge in [0, 0.05) is 22.4 Å². The molecule has 0 fully saturated rings. The van der Waals surface area contributed by atoms with Gasteiger partial charge in [-0.15, -0.1) is 12.4 Å². The van der Waals surface area contributed by atoms with E-state index in [0.29, 0.717) is 38.3 Å². The third-order valence-corrected chi connectivity index (χ3v) is 4.53. The van der Waals surface area contributed by atoms with Crippen molar-refractivity contribution in [3.05, 3.63) is 62.9 Å². The molecule has 0 bridgehead atoms. The normalized spacial score (nSPS) is 12.0. The van der Waals surface area contributed by atoms with Gasteiger partial charge in [0.2, 0.25) is 0 Å². The molecule has 0 aliphatic carbocycles. The second-order valence-electron chi connectivity index (χ2n) is 5.52. The van der Waals surface area contributed by atoms with E-state index < -0.39 is 5.97 Å². The SMILES string of the molecule is Cl.O=C(O)CC(Cc1nc2cc(Cl)cc(Cl)c2[nH]1)c1ccc(Cl)cc1. The highest BCUT2D eigenvalue weighted by molar-refractivity contribution is 6.38. The first-order chi connectivity index (χ1) is 11.4. The molecule has 1 atom stereocenters. The van der Waals surface area contributed by atoms with Crippen molar-refractivity contribution in [1.29, 1.82) is 0 Å². The fourth-order valence-electron chi connectivity index (χ4n) is 2.67. The number of carboxylic acid groups (broad SMARTS) is 1. The number of hydrogen-bond donors (Lipinski definition) is 2. The van der Waals surface area contributed by atoms with Crippen LogP contribution in [0.4, 0.5) is 0 Å². The summed E-state index contributed by atoms with van der Waals surface area (Å²) < 4.78 is 0. The molecule has 4 nitrogen and oxygen atoms in total. The molecule has 1 heterocycles. The second-order valence-corrected chi connectivity index (χ2v) is 6.80. The molecule has 0 saturated carbocycles. The summed E-state index contributed by atoms with van der Waals surface area (Å²) in [7, 11) is 0. The molecule has 0 amide bonds. The Morgan fingerprint density at radius 2 is 1.80 bits per heavy atom. The van der Waals surface area contributed by atoms with E-state index >= 15 is 0 Å². The summed E-state index contributed by atoms with van der Waals surface area (Å²) >= 11 is 18.1. The van der Waals surface area contributed by atoms with Crippen LogP contribution in [0.15, 0.2) is 36.4 Å². The van der Waals surface area contributed by atoms with Crippen LogP contribution in [-0.4, -0.2) is 21.0 Å². The maximum Gasteiger partial charge on any atom is 0.303 e. The van der Waals surface area contributed by atoms with Gasteiger partial charge < -0.3 is 10.1 Å². The Balaban J connectivity index is 0.00000225. The number of fused-ring (bicyclic) bond motifs is 1. The highest BCUT2D eigenvalue weighted by atomic mass is 35.5. The van der Waals surface area contributed by atoms with Crippen molar-refractivity contribution in [1.82, 2.24) is 9.97 Å². The van der Waals surface area contributed by atoms with E-state index in [1.807, 2.05) is 12.1 Å². The molecule has 25 heavy (non-hydrogen) atoms. The largest absolute Gasteiger partial charge is 0.481 e. The number of aliphatic carboxylic acids is 1. The van der Waals surface area contributed by atoms with Gasteiger partial charge in [-0.05, 0) is 29.8 Å².